The van der Waals surface area contributed by atoms with Gasteiger partial charge in [-0.2, -0.15) is 0 Å². The Hall–Kier alpha value is -0.310. The molecule has 0 aromatic carbocycles. The quantitative estimate of drug-likeness (QED) is 0.732. The number of thiocarbonyl (C=S) groups is 1. The van der Waals surface area contributed by atoms with Crippen LogP contribution in [0, 0.1) is 5.92 Å². The minimum atomic E-state index is 0.668. The van der Waals surface area contributed by atoms with Crippen LogP contribution < -0.4 is 5.32 Å². The molecule has 1 aliphatic heterocycles. The van der Waals surface area contributed by atoms with E-state index in [0.717, 1.165) is 17.1 Å². The normalized spacial score (nSPS) is 33.2. The van der Waals surface area contributed by atoms with E-state index in [0.29, 0.717) is 6.04 Å². The van der Waals surface area contributed by atoms with E-state index in [4.69, 9.17) is 12.2 Å². The van der Waals surface area contributed by atoms with Gasteiger partial charge in [0.05, 0.1) is 0 Å². The van der Waals surface area contributed by atoms with Crippen LogP contribution in [0.4, 0.5) is 0 Å². The standard InChI is InChI=1S/C15H26N2S/c18-15(16-13-8-2-3-9-13)17-11-5-7-12-6-1-4-10-14(12)17/h12-14H,1-11H2,(H,16,18)/t12-,14-/m1/s1. The lowest BCUT2D eigenvalue weighted by Gasteiger charge is -2.45. The van der Waals surface area contributed by atoms with Crippen molar-refractivity contribution in [2.45, 2.75) is 76.3 Å². The van der Waals surface area contributed by atoms with Crippen molar-refractivity contribution in [1.29, 1.82) is 0 Å². The average Bonchev–Trinajstić information content (AvgIpc) is 2.91. The molecule has 3 fully saturated rings. The second kappa shape index (κ2) is 5.77. The molecule has 2 aliphatic carbocycles. The number of rotatable bonds is 1. The first-order valence-corrected chi connectivity index (χ1v) is 8.32. The molecule has 1 N–H and O–H groups in total. The highest BCUT2D eigenvalue weighted by Crippen LogP contribution is 2.35. The van der Waals surface area contributed by atoms with E-state index in [9.17, 15) is 0 Å². The minimum absolute atomic E-state index is 0.668. The number of nitrogens with one attached hydrogen (secondary N) is 1. The van der Waals surface area contributed by atoms with Gasteiger partial charge in [-0.25, -0.2) is 0 Å². The van der Waals surface area contributed by atoms with E-state index < -0.39 is 0 Å². The summed E-state index contributed by atoms with van der Waals surface area (Å²) in [5.74, 6) is 0.927. The highest BCUT2D eigenvalue weighted by molar-refractivity contribution is 7.80. The molecule has 0 amide bonds. The fourth-order valence-electron chi connectivity index (χ4n) is 4.20. The van der Waals surface area contributed by atoms with Crippen LogP contribution in [0.1, 0.15) is 64.2 Å². The molecular weight excluding hydrogens is 240 g/mol. The second-order valence-corrected chi connectivity index (χ2v) is 6.77. The van der Waals surface area contributed by atoms with Crippen LogP contribution in [0.25, 0.3) is 0 Å². The van der Waals surface area contributed by atoms with Gasteiger partial charge in [-0.3, -0.25) is 0 Å². The smallest absolute Gasteiger partial charge is 0.169 e. The molecule has 0 aromatic heterocycles. The molecule has 3 rings (SSSR count). The zero-order chi connectivity index (χ0) is 12.4. The Bertz CT molecular complexity index is 297. The van der Waals surface area contributed by atoms with Gasteiger partial charge in [0.25, 0.3) is 0 Å². The monoisotopic (exact) mass is 266 g/mol. The Morgan fingerprint density at radius 2 is 1.56 bits per heavy atom. The molecule has 2 atom stereocenters. The molecule has 102 valence electrons. The number of nitrogens with zero attached hydrogens (tertiary/aromatic N) is 1. The van der Waals surface area contributed by atoms with Crippen molar-refractivity contribution in [2.24, 2.45) is 5.92 Å². The van der Waals surface area contributed by atoms with Gasteiger partial charge in [0.15, 0.2) is 5.11 Å². The van der Waals surface area contributed by atoms with Gasteiger partial charge in [-0.05, 0) is 56.7 Å². The van der Waals surface area contributed by atoms with Crippen LogP contribution in [0.2, 0.25) is 0 Å². The molecule has 0 aromatic rings. The zero-order valence-electron chi connectivity index (χ0n) is 11.4. The summed E-state index contributed by atoms with van der Waals surface area (Å²) in [5.41, 5.74) is 0. The van der Waals surface area contributed by atoms with Crippen molar-refractivity contribution in [3.63, 3.8) is 0 Å². The van der Waals surface area contributed by atoms with Crippen LogP contribution in [0.5, 0.6) is 0 Å². The average molecular weight is 266 g/mol. The zero-order valence-corrected chi connectivity index (χ0v) is 12.2. The summed E-state index contributed by atoms with van der Waals surface area (Å²) < 4.78 is 0. The molecule has 0 radical (unpaired) electrons. The Kier molecular flexibility index (Phi) is 4.07. The molecular formula is C15H26N2S. The van der Waals surface area contributed by atoms with Gasteiger partial charge in [0.1, 0.15) is 0 Å². The molecule has 0 bridgehead atoms. The lowest BCUT2D eigenvalue weighted by Crippen LogP contribution is -2.54. The van der Waals surface area contributed by atoms with E-state index in [1.807, 2.05) is 0 Å². The van der Waals surface area contributed by atoms with Crippen LogP contribution in [-0.2, 0) is 0 Å². The summed E-state index contributed by atoms with van der Waals surface area (Å²) in [7, 11) is 0. The number of hydrogen-bond donors (Lipinski definition) is 1. The van der Waals surface area contributed by atoms with Crippen molar-refractivity contribution in [2.75, 3.05) is 6.54 Å². The number of hydrogen-bond acceptors (Lipinski definition) is 1. The molecule has 1 saturated heterocycles. The van der Waals surface area contributed by atoms with E-state index in [2.05, 4.69) is 10.2 Å². The van der Waals surface area contributed by atoms with Crippen LogP contribution in [-0.4, -0.2) is 28.6 Å². The van der Waals surface area contributed by atoms with Gasteiger partial charge in [0.2, 0.25) is 0 Å². The molecule has 18 heavy (non-hydrogen) atoms. The first-order chi connectivity index (χ1) is 8.84. The molecule has 2 nitrogen and oxygen atoms in total. The third-order valence-electron chi connectivity index (χ3n) is 5.19. The lowest BCUT2D eigenvalue weighted by molar-refractivity contribution is 0.118. The molecule has 3 aliphatic rings. The third-order valence-corrected chi connectivity index (χ3v) is 5.54. The van der Waals surface area contributed by atoms with E-state index in [1.165, 1.54) is 70.8 Å². The Balaban J connectivity index is 1.60. The van der Waals surface area contributed by atoms with Crippen molar-refractivity contribution < 1.29 is 0 Å². The Morgan fingerprint density at radius 1 is 0.889 bits per heavy atom. The topological polar surface area (TPSA) is 15.3 Å². The van der Waals surface area contributed by atoms with Crippen LogP contribution in [0.3, 0.4) is 0 Å². The fraction of sp³-hybridized carbons (Fsp3) is 0.933. The van der Waals surface area contributed by atoms with Crippen molar-refractivity contribution in [1.82, 2.24) is 10.2 Å². The summed E-state index contributed by atoms with van der Waals surface area (Å²) in [5, 5.41) is 4.71. The molecule has 0 unspecified atom stereocenters. The van der Waals surface area contributed by atoms with Crippen LogP contribution >= 0.6 is 12.2 Å². The Morgan fingerprint density at radius 3 is 2.39 bits per heavy atom. The summed E-state index contributed by atoms with van der Waals surface area (Å²) in [6, 6.07) is 1.43. The number of likely N-dealkylation sites (tertiary alicyclic amines) is 1. The minimum Gasteiger partial charge on any atom is -0.360 e. The molecule has 1 heterocycles. The van der Waals surface area contributed by atoms with Crippen molar-refractivity contribution in [3.05, 3.63) is 0 Å². The number of fused-ring (bicyclic) bond motifs is 1. The third kappa shape index (κ3) is 2.66. The van der Waals surface area contributed by atoms with Gasteiger partial charge in [0, 0.05) is 18.6 Å². The van der Waals surface area contributed by atoms with E-state index in [1.54, 1.807) is 0 Å². The first kappa shape index (κ1) is 12.7. The van der Waals surface area contributed by atoms with E-state index in [-0.39, 0.29) is 0 Å². The predicted molar refractivity (Wildman–Crippen MR) is 79.7 cm³/mol. The molecule has 2 saturated carbocycles. The second-order valence-electron chi connectivity index (χ2n) is 6.38. The summed E-state index contributed by atoms with van der Waals surface area (Å²) in [6.45, 7) is 1.19. The highest BCUT2D eigenvalue weighted by atomic mass is 32.1. The molecule has 3 heteroatoms. The summed E-state index contributed by atoms with van der Waals surface area (Å²) in [4.78, 5) is 2.54. The van der Waals surface area contributed by atoms with Gasteiger partial charge >= 0.3 is 0 Å². The molecule has 0 spiro atoms. The summed E-state index contributed by atoms with van der Waals surface area (Å²) in [6.07, 6.45) is 13.8. The predicted octanol–water partition coefficient (Wildman–Crippen LogP) is 3.46. The first-order valence-electron chi connectivity index (χ1n) is 7.92. The van der Waals surface area contributed by atoms with Crippen molar-refractivity contribution in [3.8, 4) is 0 Å². The SMILES string of the molecule is S=C(NC1CCCC1)N1CCC[C@H]2CCCC[C@H]21. The maximum absolute atomic E-state index is 5.69. The highest BCUT2D eigenvalue weighted by Gasteiger charge is 2.34. The Labute approximate surface area is 116 Å². The largest absolute Gasteiger partial charge is 0.360 e. The van der Waals surface area contributed by atoms with Gasteiger partial charge < -0.3 is 10.2 Å². The fourth-order valence-corrected chi connectivity index (χ4v) is 4.60. The van der Waals surface area contributed by atoms with Gasteiger partial charge in [-0.15, -0.1) is 0 Å². The van der Waals surface area contributed by atoms with Crippen LogP contribution in [0.15, 0.2) is 0 Å². The lowest BCUT2D eigenvalue weighted by atomic mass is 9.78. The summed E-state index contributed by atoms with van der Waals surface area (Å²) >= 11 is 5.69. The van der Waals surface area contributed by atoms with E-state index >= 15 is 0 Å². The maximum Gasteiger partial charge on any atom is 0.169 e. The van der Waals surface area contributed by atoms with Gasteiger partial charge in [-0.1, -0.05) is 25.7 Å². The number of piperidine rings is 1. The maximum atomic E-state index is 5.69. The van der Waals surface area contributed by atoms with Crippen molar-refractivity contribution >= 4 is 17.3 Å².